The van der Waals surface area contributed by atoms with Gasteiger partial charge in [0.1, 0.15) is 11.2 Å². The van der Waals surface area contributed by atoms with Crippen molar-refractivity contribution in [3.05, 3.63) is 29.3 Å². The van der Waals surface area contributed by atoms with Gasteiger partial charge in [0.05, 0.1) is 19.8 Å². The van der Waals surface area contributed by atoms with E-state index in [0.29, 0.717) is 24.2 Å². The highest BCUT2D eigenvalue weighted by atomic mass is 16.5. The van der Waals surface area contributed by atoms with E-state index < -0.39 is 11.4 Å². The molecule has 1 saturated carbocycles. The van der Waals surface area contributed by atoms with Crippen LogP contribution < -0.4 is 4.74 Å². The molecule has 0 aromatic heterocycles. The average molecular weight is 248 g/mol. The second-order valence-electron chi connectivity index (χ2n) is 4.61. The molecular formula is C14H16O4. The first kappa shape index (κ1) is 12.6. The van der Waals surface area contributed by atoms with E-state index >= 15 is 0 Å². The number of hydrogen-bond acceptors (Lipinski definition) is 4. The van der Waals surface area contributed by atoms with Gasteiger partial charge in [-0.25, -0.2) is 0 Å². The molecule has 0 radical (unpaired) electrons. The minimum Gasteiger partial charge on any atom is -0.496 e. The monoisotopic (exact) mass is 248 g/mol. The average Bonchev–Trinajstić information content (AvgIpc) is 3.18. The molecule has 0 heterocycles. The molecule has 0 unspecified atom stereocenters. The predicted octanol–water partition coefficient (Wildman–Crippen LogP) is 2.14. The van der Waals surface area contributed by atoms with Crippen LogP contribution in [-0.4, -0.2) is 26.0 Å². The zero-order valence-corrected chi connectivity index (χ0v) is 10.8. The first-order valence-corrected chi connectivity index (χ1v) is 5.83. The van der Waals surface area contributed by atoms with E-state index in [4.69, 9.17) is 9.47 Å². The Morgan fingerprint density at radius 1 is 1.22 bits per heavy atom. The molecule has 0 bridgehead atoms. The lowest BCUT2D eigenvalue weighted by atomic mass is 9.93. The Morgan fingerprint density at radius 3 is 2.39 bits per heavy atom. The highest BCUT2D eigenvalue weighted by Gasteiger charge is 2.58. The summed E-state index contributed by atoms with van der Waals surface area (Å²) < 4.78 is 9.91. The molecule has 2 rings (SSSR count). The van der Waals surface area contributed by atoms with Gasteiger partial charge in [0.15, 0.2) is 5.78 Å². The van der Waals surface area contributed by atoms with Crippen LogP contribution in [0.1, 0.15) is 28.8 Å². The van der Waals surface area contributed by atoms with Crippen molar-refractivity contribution in [3.63, 3.8) is 0 Å². The van der Waals surface area contributed by atoms with Gasteiger partial charge >= 0.3 is 5.97 Å². The number of ketones is 1. The van der Waals surface area contributed by atoms with Crippen LogP contribution in [0.2, 0.25) is 0 Å². The molecule has 1 aliphatic rings. The van der Waals surface area contributed by atoms with E-state index in [2.05, 4.69) is 0 Å². The maximum Gasteiger partial charge on any atom is 0.319 e. The SMILES string of the molecule is COC(=O)C1(C(=O)c2cc(C)ccc2OC)CC1. The van der Waals surface area contributed by atoms with E-state index in [1.165, 1.54) is 14.2 Å². The van der Waals surface area contributed by atoms with Gasteiger partial charge in [0, 0.05) is 0 Å². The Balaban J connectivity index is 2.40. The summed E-state index contributed by atoms with van der Waals surface area (Å²) in [5, 5.41) is 0. The molecule has 1 aliphatic carbocycles. The van der Waals surface area contributed by atoms with Crippen LogP contribution in [0.15, 0.2) is 18.2 Å². The van der Waals surface area contributed by atoms with Crippen LogP contribution >= 0.6 is 0 Å². The Kier molecular flexibility index (Phi) is 3.11. The van der Waals surface area contributed by atoms with E-state index in [1.54, 1.807) is 12.1 Å². The van der Waals surface area contributed by atoms with Crippen molar-refractivity contribution < 1.29 is 19.1 Å². The molecule has 1 aromatic carbocycles. The molecule has 0 amide bonds. The van der Waals surface area contributed by atoms with Crippen LogP contribution in [0, 0.1) is 12.3 Å². The second kappa shape index (κ2) is 4.44. The molecule has 4 heteroatoms. The van der Waals surface area contributed by atoms with Crippen molar-refractivity contribution in [1.29, 1.82) is 0 Å². The van der Waals surface area contributed by atoms with Crippen molar-refractivity contribution in [3.8, 4) is 5.75 Å². The van der Waals surface area contributed by atoms with Crippen molar-refractivity contribution >= 4 is 11.8 Å². The van der Waals surface area contributed by atoms with Crippen LogP contribution in [0.25, 0.3) is 0 Å². The second-order valence-corrected chi connectivity index (χ2v) is 4.61. The molecule has 1 fully saturated rings. The Bertz CT molecular complexity index is 501. The van der Waals surface area contributed by atoms with Crippen molar-refractivity contribution in [1.82, 2.24) is 0 Å². The molecule has 0 atom stereocenters. The van der Waals surface area contributed by atoms with Gasteiger partial charge in [0.25, 0.3) is 0 Å². The summed E-state index contributed by atoms with van der Waals surface area (Å²) in [5.74, 6) is -0.147. The third-order valence-electron chi connectivity index (χ3n) is 3.36. The lowest BCUT2D eigenvalue weighted by Crippen LogP contribution is -2.27. The van der Waals surface area contributed by atoms with Gasteiger partial charge in [-0.05, 0) is 31.9 Å². The van der Waals surface area contributed by atoms with Gasteiger partial charge in [-0.15, -0.1) is 0 Å². The quantitative estimate of drug-likeness (QED) is 0.465. The molecule has 1 aromatic rings. The number of hydrogen-bond donors (Lipinski definition) is 0. The number of Topliss-reactive ketones (excluding diaryl/α,β-unsaturated/α-hetero) is 1. The lowest BCUT2D eigenvalue weighted by molar-refractivity contribution is -0.145. The standard InChI is InChI=1S/C14H16O4/c1-9-4-5-11(17-2)10(8-9)12(15)14(6-7-14)13(16)18-3/h4-5,8H,6-7H2,1-3H3. The molecule has 0 N–H and O–H groups in total. The normalized spacial score (nSPS) is 15.9. The summed E-state index contributed by atoms with van der Waals surface area (Å²) in [6.07, 6.45) is 1.10. The van der Waals surface area contributed by atoms with Crippen molar-refractivity contribution in [2.75, 3.05) is 14.2 Å². The van der Waals surface area contributed by atoms with Gasteiger partial charge in [-0.1, -0.05) is 11.6 Å². The van der Waals surface area contributed by atoms with Gasteiger partial charge < -0.3 is 9.47 Å². The molecule has 4 nitrogen and oxygen atoms in total. The minimum atomic E-state index is -0.976. The summed E-state index contributed by atoms with van der Waals surface area (Å²) in [4.78, 5) is 24.2. The third kappa shape index (κ3) is 1.88. The van der Waals surface area contributed by atoms with E-state index in [9.17, 15) is 9.59 Å². The van der Waals surface area contributed by atoms with Gasteiger partial charge in [-0.3, -0.25) is 9.59 Å². The highest BCUT2D eigenvalue weighted by Crippen LogP contribution is 2.50. The largest absolute Gasteiger partial charge is 0.496 e. The third-order valence-corrected chi connectivity index (χ3v) is 3.36. The Labute approximate surface area is 106 Å². The van der Waals surface area contributed by atoms with E-state index in [0.717, 1.165) is 5.56 Å². The fraction of sp³-hybridized carbons (Fsp3) is 0.429. The van der Waals surface area contributed by atoms with E-state index in [-0.39, 0.29) is 5.78 Å². The molecule has 18 heavy (non-hydrogen) atoms. The van der Waals surface area contributed by atoms with Gasteiger partial charge in [-0.2, -0.15) is 0 Å². The lowest BCUT2D eigenvalue weighted by Gasteiger charge is -2.14. The maximum atomic E-state index is 12.5. The number of ether oxygens (including phenoxy) is 2. The smallest absolute Gasteiger partial charge is 0.319 e. The number of methoxy groups -OCH3 is 2. The number of benzene rings is 1. The number of esters is 1. The zero-order valence-electron chi connectivity index (χ0n) is 10.8. The van der Waals surface area contributed by atoms with Gasteiger partial charge in [0.2, 0.25) is 0 Å². The van der Waals surface area contributed by atoms with E-state index in [1.807, 2.05) is 13.0 Å². The number of rotatable bonds is 4. The summed E-state index contributed by atoms with van der Waals surface area (Å²) in [6.45, 7) is 1.90. The van der Waals surface area contributed by atoms with Crippen LogP contribution in [0.4, 0.5) is 0 Å². The topological polar surface area (TPSA) is 52.6 Å². The minimum absolute atomic E-state index is 0.199. The summed E-state index contributed by atoms with van der Waals surface area (Å²) in [7, 11) is 2.82. The molecular weight excluding hydrogens is 232 g/mol. The van der Waals surface area contributed by atoms with Crippen molar-refractivity contribution in [2.24, 2.45) is 5.41 Å². The molecule has 0 spiro atoms. The number of carbonyl (C=O) groups excluding carboxylic acids is 2. The zero-order chi connectivity index (χ0) is 13.3. The van der Waals surface area contributed by atoms with Crippen LogP contribution in [-0.2, 0) is 9.53 Å². The number of aryl methyl sites for hydroxylation is 1. The maximum absolute atomic E-state index is 12.5. The summed E-state index contributed by atoms with van der Waals surface area (Å²) in [6, 6.07) is 5.37. The molecule has 96 valence electrons. The van der Waals surface area contributed by atoms with Crippen LogP contribution in [0.5, 0.6) is 5.75 Å². The first-order chi connectivity index (χ1) is 8.55. The fourth-order valence-corrected chi connectivity index (χ4v) is 2.10. The Morgan fingerprint density at radius 2 is 1.89 bits per heavy atom. The van der Waals surface area contributed by atoms with Crippen molar-refractivity contribution in [2.45, 2.75) is 19.8 Å². The highest BCUT2D eigenvalue weighted by molar-refractivity contribution is 6.16. The summed E-state index contributed by atoms with van der Waals surface area (Å²) in [5.41, 5.74) is 0.441. The first-order valence-electron chi connectivity index (χ1n) is 5.83. The fourth-order valence-electron chi connectivity index (χ4n) is 2.10. The molecule has 0 aliphatic heterocycles. The van der Waals surface area contributed by atoms with Crippen LogP contribution in [0.3, 0.4) is 0 Å². The predicted molar refractivity (Wildman–Crippen MR) is 65.7 cm³/mol. The Hall–Kier alpha value is -1.84. The molecule has 0 saturated heterocycles. The number of carbonyl (C=O) groups is 2. The summed E-state index contributed by atoms with van der Waals surface area (Å²) >= 11 is 0.